The van der Waals surface area contributed by atoms with Crippen molar-refractivity contribution in [3.8, 4) is 0 Å². The van der Waals surface area contributed by atoms with E-state index in [1.54, 1.807) is 0 Å². The third kappa shape index (κ3) is 4.98. The molecule has 1 aromatic carbocycles. The minimum Gasteiger partial charge on any atom is -0.396 e. The van der Waals surface area contributed by atoms with E-state index in [2.05, 4.69) is 10.6 Å². The van der Waals surface area contributed by atoms with Crippen LogP contribution in [0.3, 0.4) is 0 Å². The summed E-state index contributed by atoms with van der Waals surface area (Å²) in [5.74, 6) is -0.448. The highest BCUT2D eigenvalue weighted by molar-refractivity contribution is 7.80. The minimum absolute atomic E-state index is 0.0336. The van der Waals surface area contributed by atoms with Gasteiger partial charge in [0.2, 0.25) is 0 Å². The molecule has 0 heterocycles. The molecule has 3 N–H and O–H groups in total. The molecule has 8 heteroatoms. The Morgan fingerprint density at radius 3 is 2.53 bits per heavy atom. The normalized spacial score (nSPS) is 9.74. The van der Waals surface area contributed by atoms with Crippen molar-refractivity contribution in [2.45, 2.75) is 6.42 Å². The van der Waals surface area contributed by atoms with Crippen LogP contribution in [0.25, 0.3) is 0 Å². The number of nitrogens with zero attached hydrogens (tertiary/aromatic N) is 1. The quantitative estimate of drug-likeness (QED) is 0.316. The molecule has 0 aliphatic carbocycles. The van der Waals surface area contributed by atoms with Gasteiger partial charge in [-0.05, 0) is 30.8 Å². The molecule has 0 atom stereocenters. The minimum atomic E-state index is -0.539. The molecule has 0 aliphatic heterocycles. The van der Waals surface area contributed by atoms with E-state index >= 15 is 0 Å². The summed E-state index contributed by atoms with van der Waals surface area (Å²) in [6.45, 7) is 0.488. The number of hydrogen-bond donors (Lipinski definition) is 3. The number of amides is 1. The van der Waals surface area contributed by atoms with Crippen molar-refractivity contribution < 1.29 is 14.8 Å². The lowest BCUT2D eigenvalue weighted by Crippen LogP contribution is -2.39. The second-order valence-electron chi connectivity index (χ2n) is 3.59. The molecular weight excluding hydrogens is 270 g/mol. The standard InChI is InChI=1S/C11H13N3O4S/c15-7-1-6-12-11(19)13-10(16)8-2-4-9(5-3-8)14(17)18/h2-5,15H,1,6-7H2,(H2,12,13,16,19). The van der Waals surface area contributed by atoms with Crippen molar-refractivity contribution in [2.24, 2.45) is 0 Å². The molecule has 0 saturated carbocycles. The maximum atomic E-state index is 11.7. The summed E-state index contributed by atoms with van der Waals surface area (Å²) < 4.78 is 0. The summed E-state index contributed by atoms with van der Waals surface area (Å²) in [5.41, 5.74) is 0.192. The number of hydrogen-bond acceptors (Lipinski definition) is 5. The summed E-state index contributed by atoms with van der Waals surface area (Å²) in [6, 6.07) is 5.20. The monoisotopic (exact) mass is 283 g/mol. The molecule has 0 unspecified atom stereocenters. The fraction of sp³-hybridized carbons (Fsp3) is 0.273. The first-order chi connectivity index (χ1) is 9.04. The molecule has 102 valence electrons. The first-order valence-corrected chi connectivity index (χ1v) is 5.90. The number of aliphatic hydroxyl groups is 1. The van der Waals surface area contributed by atoms with Crippen LogP contribution in [-0.2, 0) is 0 Å². The average Bonchev–Trinajstić information content (AvgIpc) is 2.39. The Labute approximate surface area is 114 Å². The van der Waals surface area contributed by atoms with Crippen LogP contribution in [0.4, 0.5) is 5.69 Å². The first-order valence-electron chi connectivity index (χ1n) is 5.49. The van der Waals surface area contributed by atoms with E-state index in [1.165, 1.54) is 24.3 Å². The maximum absolute atomic E-state index is 11.7. The summed E-state index contributed by atoms with van der Waals surface area (Å²) in [7, 11) is 0. The van der Waals surface area contributed by atoms with Gasteiger partial charge in [0.15, 0.2) is 5.11 Å². The molecule has 0 saturated heterocycles. The first kappa shape index (κ1) is 15.0. The Hall–Kier alpha value is -2.06. The van der Waals surface area contributed by atoms with E-state index < -0.39 is 10.8 Å². The average molecular weight is 283 g/mol. The summed E-state index contributed by atoms with van der Waals surface area (Å²) in [4.78, 5) is 21.6. The molecule has 0 aliphatic rings. The van der Waals surface area contributed by atoms with Crippen molar-refractivity contribution in [2.75, 3.05) is 13.2 Å². The van der Waals surface area contributed by atoms with Crippen molar-refractivity contribution in [1.29, 1.82) is 0 Å². The Balaban J connectivity index is 2.53. The topological polar surface area (TPSA) is 104 Å². The van der Waals surface area contributed by atoms with E-state index in [-0.39, 0.29) is 23.0 Å². The third-order valence-corrected chi connectivity index (χ3v) is 2.43. The van der Waals surface area contributed by atoms with Crippen LogP contribution in [0.2, 0.25) is 0 Å². The van der Waals surface area contributed by atoms with Gasteiger partial charge in [-0.25, -0.2) is 0 Å². The summed E-state index contributed by atoms with van der Waals surface area (Å²) >= 11 is 4.88. The molecule has 1 rings (SSSR count). The Morgan fingerprint density at radius 2 is 2.00 bits per heavy atom. The van der Waals surface area contributed by atoms with E-state index in [0.717, 1.165) is 0 Å². The van der Waals surface area contributed by atoms with E-state index in [0.29, 0.717) is 13.0 Å². The molecule has 1 aromatic rings. The zero-order valence-corrected chi connectivity index (χ0v) is 10.8. The lowest BCUT2D eigenvalue weighted by molar-refractivity contribution is -0.384. The lowest BCUT2D eigenvalue weighted by Gasteiger charge is -2.08. The van der Waals surface area contributed by atoms with E-state index in [4.69, 9.17) is 17.3 Å². The number of nitrogens with one attached hydrogen (secondary N) is 2. The number of carbonyl (C=O) groups is 1. The number of aliphatic hydroxyl groups excluding tert-OH is 1. The van der Waals surface area contributed by atoms with Gasteiger partial charge in [-0.2, -0.15) is 0 Å². The van der Waals surface area contributed by atoms with Gasteiger partial charge < -0.3 is 10.4 Å². The molecule has 0 fully saturated rings. The second-order valence-corrected chi connectivity index (χ2v) is 4.00. The highest BCUT2D eigenvalue weighted by Crippen LogP contribution is 2.11. The molecule has 0 aromatic heterocycles. The molecular formula is C11H13N3O4S. The highest BCUT2D eigenvalue weighted by atomic mass is 32.1. The fourth-order valence-corrected chi connectivity index (χ4v) is 1.43. The maximum Gasteiger partial charge on any atom is 0.269 e. The fourth-order valence-electron chi connectivity index (χ4n) is 1.23. The van der Waals surface area contributed by atoms with Gasteiger partial charge >= 0.3 is 0 Å². The van der Waals surface area contributed by atoms with Crippen LogP contribution < -0.4 is 10.6 Å². The van der Waals surface area contributed by atoms with Crippen molar-refractivity contribution in [3.05, 3.63) is 39.9 Å². The number of non-ortho nitro benzene ring substituents is 1. The number of thiocarbonyl (C=S) groups is 1. The summed E-state index contributed by atoms with van der Waals surface area (Å²) in [6.07, 6.45) is 0.521. The number of nitro groups is 1. The predicted molar refractivity (Wildman–Crippen MR) is 72.9 cm³/mol. The van der Waals surface area contributed by atoms with E-state index in [1.807, 2.05) is 0 Å². The van der Waals surface area contributed by atoms with Gasteiger partial charge in [0.05, 0.1) is 4.92 Å². The third-order valence-electron chi connectivity index (χ3n) is 2.19. The number of carbonyl (C=O) groups excluding carboxylic acids is 1. The molecule has 0 spiro atoms. The Bertz CT molecular complexity index is 475. The molecule has 7 nitrogen and oxygen atoms in total. The SMILES string of the molecule is O=C(NC(=S)NCCCO)c1ccc([N+](=O)[O-])cc1. The highest BCUT2D eigenvalue weighted by Gasteiger charge is 2.10. The van der Waals surface area contributed by atoms with Crippen LogP contribution in [-0.4, -0.2) is 34.2 Å². The van der Waals surface area contributed by atoms with Gasteiger partial charge in [0, 0.05) is 30.8 Å². The van der Waals surface area contributed by atoms with Gasteiger partial charge in [0.1, 0.15) is 0 Å². The Morgan fingerprint density at radius 1 is 1.37 bits per heavy atom. The zero-order chi connectivity index (χ0) is 14.3. The van der Waals surface area contributed by atoms with Crippen LogP contribution in [0.15, 0.2) is 24.3 Å². The molecule has 0 bridgehead atoms. The van der Waals surface area contributed by atoms with Gasteiger partial charge in [0.25, 0.3) is 11.6 Å². The van der Waals surface area contributed by atoms with Crippen molar-refractivity contribution in [1.82, 2.24) is 10.6 Å². The van der Waals surface area contributed by atoms with Crippen molar-refractivity contribution in [3.63, 3.8) is 0 Å². The van der Waals surface area contributed by atoms with E-state index in [9.17, 15) is 14.9 Å². The van der Waals surface area contributed by atoms with Gasteiger partial charge in [-0.15, -0.1) is 0 Å². The van der Waals surface area contributed by atoms with Crippen LogP contribution >= 0.6 is 12.2 Å². The zero-order valence-electron chi connectivity index (χ0n) is 9.96. The van der Waals surface area contributed by atoms with Crippen LogP contribution in [0.1, 0.15) is 16.8 Å². The van der Waals surface area contributed by atoms with Crippen LogP contribution in [0.5, 0.6) is 0 Å². The number of nitro benzene ring substituents is 1. The van der Waals surface area contributed by atoms with Crippen molar-refractivity contribution >= 4 is 28.9 Å². The lowest BCUT2D eigenvalue weighted by atomic mass is 10.2. The number of benzene rings is 1. The molecule has 1 amide bonds. The largest absolute Gasteiger partial charge is 0.396 e. The second kappa shape index (κ2) is 7.39. The smallest absolute Gasteiger partial charge is 0.269 e. The van der Waals surface area contributed by atoms with Crippen LogP contribution in [0, 0.1) is 10.1 Å². The van der Waals surface area contributed by atoms with Gasteiger partial charge in [-0.1, -0.05) is 0 Å². The molecule has 19 heavy (non-hydrogen) atoms. The van der Waals surface area contributed by atoms with Gasteiger partial charge in [-0.3, -0.25) is 20.2 Å². The molecule has 0 radical (unpaired) electrons. The summed E-state index contributed by atoms with van der Waals surface area (Å²) in [5, 5.41) is 24.4. The number of rotatable bonds is 5. The predicted octanol–water partition coefficient (Wildman–Crippen LogP) is 0.582. The Kier molecular flexibility index (Phi) is 5.83.